The van der Waals surface area contributed by atoms with Crippen LogP contribution in [0.1, 0.15) is 44.7 Å². The van der Waals surface area contributed by atoms with Gasteiger partial charge in [0.25, 0.3) is 0 Å². The first-order valence-electron chi connectivity index (χ1n) is 9.35. The first-order valence-corrected chi connectivity index (χ1v) is 9.35. The van der Waals surface area contributed by atoms with Crippen LogP contribution in [0.3, 0.4) is 0 Å². The van der Waals surface area contributed by atoms with Gasteiger partial charge in [0.15, 0.2) is 5.78 Å². The van der Waals surface area contributed by atoms with Crippen LogP contribution >= 0.6 is 0 Å². The Morgan fingerprint density at radius 1 is 1.43 bits per heavy atom. The fourth-order valence-corrected chi connectivity index (χ4v) is 3.09. The highest BCUT2D eigenvalue weighted by Gasteiger charge is 2.36. The van der Waals surface area contributed by atoms with Gasteiger partial charge in [-0.2, -0.15) is 5.10 Å². The van der Waals surface area contributed by atoms with Crippen LogP contribution in [-0.4, -0.2) is 57.2 Å². The molecule has 0 aliphatic carbocycles. The van der Waals surface area contributed by atoms with Crippen molar-refractivity contribution in [3.8, 4) is 0 Å². The minimum absolute atomic E-state index is 0.0426. The number of aromatic nitrogens is 1. The molecule has 152 valence electrons. The SMILES string of the molecule is CCCCC[C@H](CN(O)C=O)C(=O)N1N=CC[C@H]1C(=O)Cc1ccc(F)cn1. The van der Waals surface area contributed by atoms with E-state index < -0.39 is 23.7 Å². The Balaban J connectivity index is 2.06. The number of pyridine rings is 1. The second-order valence-corrected chi connectivity index (χ2v) is 6.76. The van der Waals surface area contributed by atoms with Crippen LogP contribution < -0.4 is 0 Å². The lowest BCUT2D eigenvalue weighted by Crippen LogP contribution is -2.44. The van der Waals surface area contributed by atoms with E-state index in [0.29, 0.717) is 17.2 Å². The minimum atomic E-state index is -0.767. The third-order valence-electron chi connectivity index (χ3n) is 4.61. The summed E-state index contributed by atoms with van der Waals surface area (Å²) >= 11 is 0. The van der Waals surface area contributed by atoms with Crippen molar-refractivity contribution in [2.24, 2.45) is 11.0 Å². The average Bonchev–Trinajstić information content (AvgIpc) is 3.18. The number of rotatable bonds is 11. The predicted octanol–water partition coefficient (Wildman–Crippen LogP) is 1.96. The number of hydrogen-bond donors (Lipinski definition) is 1. The van der Waals surface area contributed by atoms with Crippen LogP contribution in [0, 0.1) is 11.7 Å². The van der Waals surface area contributed by atoms with Gasteiger partial charge in [-0.05, 0) is 18.6 Å². The second kappa shape index (κ2) is 10.6. The first-order chi connectivity index (χ1) is 13.5. The first kappa shape index (κ1) is 21.6. The maximum absolute atomic E-state index is 13.0. The maximum Gasteiger partial charge on any atom is 0.248 e. The van der Waals surface area contributed by atoms with Gasteiger partial charge in [0, 0.05) is 18.3 Å². The Morgan fingerprint density at radius 3 is 2.86 bits per heavy atom. The van der Waals surface area contributed by atoms with E-state index in [1.165, 1.54) is 18.3 Å². The summed E-state index contributed by atoms with van der Waals surface area (Å²) in [5.41, 5.74) is 0.410. The van der Waals surface area contributed by atoms with E-state index in [1.54, 1.807) is 0 Å². The lowest BCUT2D eigenvalue weighted by molar-refractivity contribution is -0.158. The molecule has 1 N–H and O–H groups in total. The topological polar surface area (TPSA) is 103 Å². The third kappa shape index (κ3) is 5.91. The molecule has 9 heteroatoms. The molecule has 2 atom stereocenters. The van der Waals surface area contributed by atoms with Gasteiger partial charge in [0.2, 0.25) is 12.3 Å². The normalized spacial score (nSPS) is 16.8. The van der Waals surface area contributed by atoms with E-state index in [4.69, 9.17) is 0 Å². The van der Waals surface area contributed by atoms with Crippen LogP contribution in [0.25, 0.3) is 0 Å². The van der Waals surface area contributed by atoms with E-state index >= 15 is 0 Å². The largest absolute Gasteiger partial charge is 0.297 e. The average molecular weight is 392 g/mol. The summed E-state index contributed by atoms with van der Waals surface area (Å²) in [6.45, 7) is 1.88. The molecule has 0 saturated heterocycles. The highest BCUT2D eigenvalue weighted by molar-refractivity contribution is 5.94. The molecular weight excluding hydrogens is 367 g/mol. The summed E-state index contributed by atoms with van der Waals surface area (Å²) in [5, 5.41) is 15.1. The summed E-state index contributed by atoms with van der Waals surface area (Å²) < 4.78 is 13.0. The van der Waals surface area contributed by atoms with Crippen LogP contribution in [0.15, 0.2) is 23.4 Å². The molecule has 0 spiro atoms. The number of unbranched alkanes of at least 4 members (excludes halogenated alkanes) is 2. The highest BCUT2D eigenvalue weighted by Crippen LogP contribution is 2.21. The molecule has 2 rings (SSSR count). The standard InChI is InChI=1S/C19H25FN4O4/c1-2-3-4-5-14(12-23(28)13-25)19(27)24-17(8-9-22-24)18(26)10-16-7-6-15(20)11-21-16/h6-7,9,11,13-14,17,28H,2-5,8,10,12H2,1H3/t14-,17+/m1/s1. The number of carbonyl (C=O) groups excluding carboxylic acids is 3. The number of hydroxylamine groups is 2. The van der Waals surface area contributed by atoms with Crippen LogP contribution in [0.2, 0.25) is 0 Å². The van der Waals surface area contributed by atoms with Crippen molar-refractivity contribution in [3.63, 3.8) is 0 Å². The van der Waals surface area contributed by atoms with Crippen molar-refractivity contribution in [3.05, 3.63) is 29.8 Å². The molecule has 2 heterocycles. The zero-order chi connectivity index (χ0) is 20.5. The van der Waals surface area contributed by atoms with Gasteiger partial charge in [-0.25, -0.2) is 14.5 Å². The summed E-state index contributed by atoms with van der Waals surface area (Å²) in [4.78, 5) is 40.2. The van der Waals surface area contributed by atoms with E-state index in [1.807, 2.05) is 6.92 Å². The molecule has 0 radical (unpaired) electrons. The molecule has 8 nitrogen and oxygen atoms in total. The lowest BCUT2D eigenvalue weighted by atomic mass is 9.98. The maximum atomic E-state index is 13.0. The Labute approximate surface area is 163 Å². The number of hydrogen-bond acceptors (Lipinski definition) is 6. The zero-order valence-corrected chi connectivity index (χ0v) is 15.8. The molecular formula is C19H25FN4O4. The molecule has 1 aromatic heterocycles. The molecule has 0 unspecified atom stereocenters. The van der Waals surface area contributed by atoms with E-state index in [0.717, 1.165) is 30.5 Å². The monoisotopic (exact) mass is 392 g/mol. The van der Waals surface area contributed by atoms with Gasteiger partial charge in [0.1, 0.15) is 11.9 Å². The van der Waals surface area contributed by atoms with Crippen LogP contribution in [0.5, 0.6) is 0 Å². The fourth-order valence-electron chi connectivity index (χ4n) is 3.09. The van der Waals surface area contributed by atoms with E-state index in [-0.39, 0.29) is 31.6 Å². The zero-order valence-electron chi connectivity index (χ0n) is 15.8. The number of halogens is 1. The Bertz CT molecular complexity index is 710. The van der Waals surface area contributed by atoms with Gasteiger partial charge in [-0.1, -0.05) is 26.2 Å². The summed E-state index contributed by atoms with van der Waals surface area (Å²) in [7, 11) is 0. The Kier molecular flexibility index (Phi) is 8.19. The molecule has 0 saturated carbocycles. The van der Waals surface area contributed by atoms with E-state index in [2.05, 4.69) is 10.1 Å². The van der Waals surface area contributed by atoms with Crippen molar-refractivity contribution in [2.75, 3.05) is 6.54 Å². The number of hydrazone groups is 1. The quantitative estimate of drug-likeness (QED) is 0.268. The number of ketones is 1. The lowest BCUT2D eigenvalue weighted by Gasteiger charge is -2.26. The number of nitrogens with zero attached hydrogens (tertiary/aromatic N) is 4. The molecule has 0 aromatic carbocycles. The van der Waals surface area contributed by atoms with Crippen molar-refractivity contribution in [1.29, 1.82) is 0 Å². The predicted molar refractivity (Wildman–Crippen MR) is 98.8 cm³/mol. The molecule has 1 aromatic rings. The molecule has 28 heavy (non-hydrogen) atoms. The summed E-state index contributed by atoms with van der Waals surface area (Å²) in [5.74, 6) is -1.81. The Morgan fingerprint density at radius 2 is 2.21 bits per heavy atom. The third-order valence-corrected chi connectivity index (χ3v) is 4.61. The molecule has 0 fully saturated rings. The van der Waals surface area contributed by atoms with Gasteiger partial charge >= 0.3 is 0 Å². The number of Topliss-reactive ketones (excluding diaryl/α,β-unsaturated/α-hetero) is 1. The minimum Gasteiger partial charge on any atom is -0.297 e. The molecule has 2 amide bonds. The van der Waals surface area contributed by atoms with Crippen molar-refractivity contribution in [1.82, 2.24) is 15.1 Å². The van der Waals surface area contributed by atoms with Gasteiger partial charge in [0.05, 0.1) is 25.1 Å². The van der Waals surface area contributed by atoms with Gasteiger partial charge < -0.3 is 0 Å². The fraction of sp³-hybridized carbons (Fsp3) is 0.526. The van der Waals surface area contributed by atoms with Gasteiger partial charge in [-0.15, -0.1) is 0 Å². The smallest absolute Gasteiger partial charge is 0.248 e. The Hall–Kier alpha value is -2.68. The van der Waals surface area contributed by atoms with Crippen LogP contribution in [-0.2, 0) is 20.8 Å². The summed E-state index contributed by atoms with van der Waals surface area (Å²) in [6, 6.07) is 1.88. The molecule has 1 aliphatic rings. The summed E-state index contributed by atoms with van der Waals surface area (Å²) in [6.07, 6.45) is 6.13. The van der Waals surface area contributed by atoms with Gasteiger partial charge in [-0.3, -0.25) is 24.6 Å². The van der Waals surface area contributed by atoms with Crippen molar-refractivity contribution >= 4 is 24.3 Å². The van der Waals surface area contributed by atoms with Crippen LogP contribution in [0.4, 0.5) is 4.39 Å². The molecule has 1 aliphatic heterocycles. The highest BCUT2D eigenvalue weighted by atomic mass is 19.1. The number of amides is 2. The van der Waals surface area contributed by atoms with E-state index in [9.17, 15) is 24.0 Å². The van der Waals surface area contributed by atoms with Crippen molar-refractivity contribution in [2.45, 2.75) is 51.5 Å². The molecule has 0 bridgehead atoms. The second-order valence-electron chi connectivity index (χ2n) is 6.76. The van der Waals surface area contributed by atoms with Crippen molar-refractivity contribution < 1.29 is 24.0 Å². The number of carbonyl (C=O) groups is 3.